The van der Waals surface area contributed by atoms with Gasteiger partial charge in [-0.25, -0.2) is 4.39 Å². The summed E-state index contributed by atoms with van der Waals surface area (Å²) in [4.78, 5) is 15.5. The van der Waals surface area contributed by atoms with Crippen molar-refractivity contribution in [1.82, 2.24) is 4.90 Å². The molecule has 146 valence electrons. The van der Waals surface area contributed by atoms with E-state index in [1.54, 1.807) is 0 Å². The van der Waals surface area contributed by atoms with Gasteiger partial charge in [-0.3, -0.25) is 9.69 Å². The molecule has 0 saturated carbocycles. The number of para-hydroxylation sites is 1. The Hall–Kier alpha value is -2.36. The zero-order chi connectivity index (χ0) is 19.8. The number of carbonyl (C=O) groups excluding carboxylic acids is 1. The van der Waals surface area contributed by atoms with Crippen molar-refractivity contribution in [2.75, 3.05) is 30.7 Å². The van der Waals surface area contributed by atoms with Crippen molar-refractivity contribution in [1.29, 1.82) is 5.26 Å². The number of piperidine rings is 1. The highest BCUT2D eigenvalue weighted by molar-refractivity contribution is 7.99. The summed E-state index contributed by atoms with van der Waals surface area (Å²) in [5.74, 6) is 0.709. The minimum atomic E-state index is -0.197. The molecule has 6 heteroatoms. The van der Waals surface area contributed by atoms with Crippen LogP contribution in [0.5, 0.6) is 0 Å². The van der Waals surface area contributed by atoms with E-state index >= 15 is 0 Å². The number of nitrogens with one attached hydrogen (secondary N) is 1. The van der Waals surface area contributed by atoms with E-state index in [1.165, 1.54) is 29.5 Å². The minimum absolute atomic E-state index is 0.0259. The summed E-state index contributed by atoms with van der Waals surface area (Å²) in [6.45, 7) is 2.16. The second-order valence-electron chi connectivity index (χ2n) is 7.04. The van der Waals surface area contributed by atoms with Crippen molar-refractivity contribution in [2.45, 2.75) is 24.2 Å². The SMILES string of the molecule is N#CCSc1ccccc1NC(=O)CN1CCC(Cc2ccc(F)cc2)CC1. The molecule has 4 nitrogen and oxygen atoms in total. The molecule has 2 aromatic rings. The number of nitrogens with zero attached hydrogens (tertiary/aromatic N) is 2. The van der Waals surface area contributed by atoms with Crippen molar-refractivity contribution in [3.8, 4) is 6.07 Å². The first-order valence-corrected chi connectivity index (χ1v) is 10.5. The van der Waals surface area contributed by atoms with Crippen LogP contribution in [-0.4, -0.2) is 36.2 Å². The molecular formula is C22H24FN3OS. The van der Waals surface area contributed by atoms with Crippen molar-refractivity contribution >= 4 is 23.4 Å². The summed E-state index contributed by atoms with van der Waals surface area (Å²) < 4.78 is 13.0. The summed E-state index contributed by atoms with van der Waals surface area (Å²) in [7, 11) is 0. The molecule has 0 unspecified atom stereocenters. The van der Waals surface area contributed by atoms with Crippen molar-refractivity contribution < 1.29 is 9.18 Å². The fraction of sp³-hybridized carbons (Fsp3) is 0.364. The molecule has 1 amide bonds. The van der Waals surface area contributed by atoms with Gasteiger partial charge in [0.15, 0.2) is 0 Å². The summed E-state index contributed by atoms with van der Waals surface area (Å²) in [6, 6.07) is 16.4. The van der Waals surface area contributed by atoms with Crippen molar-refractivity contribution in [3.63, 3.8) is 0 Å². The molecule has 1 fully saturated rings. The van der Waals surface area contributed by atoms with E-state index in [9.17, 15) is 9.18 Å². The Morgan fingerprint density at radius 2 is 1.89 bits per heavy atom. The van der Waals surface area contributed by atoms with Gasteiger partial charge in [0.05, 0.1) is 24.1 Å². The number of halogens is 1. The molecule has 0 spiro atoms. The fourth-order valence-corrected chi connectivity index (χ4v) is 4.17. The average Bonchev–Trinajstić information content (AvgIpc) is 2.70. The van der Waals surface area contributed by atoms with Gasteiger partial charge in [-0.2, -0.15) is 5.26 Å². The lowest BCUT2D eigenvalue weighted by atomic mass is 9.90. The third-order valence-electron chi connectivity index (χ3n) is 4.97. The first-order chi connectivity index (χ1) is 13.6. The summed E-state index contributed by atoms with van der Waals surface area (Å²) in [6.07, 6.45) is 3.04. The molecule has 0 bridgehead atoms. The van der Waals surface area contributed by atoms with E-state index in [2.05, 4.69) is 16.3 Å². The molecule has 1 heterocycles. The number of rotatable bonds is 7. The normalized spacial score (nSPS) is 15.1. The minimum Gasteiger partial charge on any atom is -0.324 e. The second kappa shape index (κ2) is 10.3. The predicted octanol–water partition coefficient (Wildman–Crippen LogP) is 4.33. The van der Waals surface area contributed by atoms with Gasteiger partial charge in [0.2, 0.25) is 5.91 Å². The largest absolute Gasteiger partial charge is 0.324 e. The van der Waals surface area contributed by atoms with Crippen molar-refractivity contribution in [2.24, 2.45) is 5.92 Å². The standard InChI is InChI=1S/C22H24FN3OS/c23-19-7-5-17(6-8-19)15-18-9-12-26(13-10-18)16-22(27)25-20-3-1-2-4-21(20)28-14-11-24/h1-8,18H,9-10,12-16H2,(H,25,27). The van der Waals surface area contributed by atoms with Gasteiger partial charge in [0.1, 0.15) is 5.82 Å². The van der Waals surface area contributed by atoms with Crippen LogP contribution in [0.3, 0.4) is 0 Å². The Kier molecular flexibility index (Phi) is 7.46. The number of carbonyl (C=O) groups is 1. The zero-order valence-corrected chi connectivity index (χ0v) is 16.6. The van der Waals surface area contributed by atoms with Crippen LogP contribution >= 0.6 is 11.8 Å². The maximum Gasteiger partial charge on any atom is 0.238 e. The number of hydrogen-bond acceptors (Lipinski definition) is 4. The molecule has 0 atom stereocenters. The maximum atomic E-state index is 13.0. The average molecular weight is 398 g/mol. The number of anilines is 1. The zero-order valence-electron chi connectivity index (χ0n) is 15.7. The summed E-state index contributed by atoms with van der Waals surface area (Å²) in [5, 5.41) is 11.7. The number of likely N-dealkylation sites (tertiary alicyclic amines) is 1. The number of benzene rings is 2. The summed E-state index contributed by atoms with van der Waals surface area (Å²) >= 11 is 1.42. The van der Waals surface area contributed by atoms with Crippen LogP contribution < -0.4 is 5.32 Å². The van der Waals surface area contributed by atoms with E-state index in [1.807, 2.05) is 36.4 Å². The molecule has 0 aromatic heterocycles. The van der Waals surface area contributed by atoms with Crippen LogP contribution in [0, 0.1) is 23.1 Å². The number of thioether (sulfide) groups is 1. The molecule has 1 saturated heterocycles. The number of hydrogen-bond donors (Lipinski definition) is 1. The Balaban J connectivity index is 1.45. The van der Waals surface area contributed by atoms with Crippen molar-refractivity contribution in [3.05, 3.63) is 59.9 Å². The van der Waals surface area contributed by atoms with Gasteiger partial charge < -0.3 is 5.32 Å². The Labute approximate surface area is 169 Å². The van der Waals surface area contributed by atoms with E-state index in [0.717, 1.165) is 42.9 Å². The third-order valence-corrected chi connectivity index (χ3v) is 5.91. The molecule has 0 radical (unpaired) electrons. The highest BCUT2D eigenvalue weighted by atomic mass is 32.2. The lowest BCUT2D eigenvalue weighted by molar-refractivity contribution is -0.117. The Bertz CT molecular complexity index is 826. The van der Waals surface area contributed by atoms with Crippen LogP contribution in [-0.2, 0) is 11.2 Å². The first kappa shape index (κ1) is 20.4. The summed E-state index contributed by atoms with van der Waals surface area (Å²) in [5.41, 5.74) is 1.93. The van der Waals surface area contributed by atoms with Gasteiger partial charge in [-0.1, -0.05) is 24.3 Å². The molecular weight excluding hydrogens is 373 g/mol. The highest BCUT2D eigenvalue weighted by Gasteiger charge is 2.21. The quantitative estimate of drug-likeness (QED) is 0.707. The molecule has 1 N–H and O–H groups in total. The predicted molar refractivity (Wildman–Crippen MR) is 111 cm³/mol. The monoisotopic (exact) mass is 397 g/mol. The van der Waals surface area contributed by atoms with Crippen LogP contribution in [0.4, 0.5) is 10.1 Å². The van der Waals surface area contributed by atoms with Gasteiger partial charge in [0.25, 0.3) is 0 Å². The van der Waals surface area contributed by atoms with E-state index in [0.29, 0.717) is 18.2 Å². The van der Waals surface area contributed by atoms with Gasteiger partial charge in [-0.05, 0) is 68.1 Å². The topological polar surface area (TPSA) is 56.1 Å². The third kappa shape index (κ3) is 6.08. The second-order valence-corrected chi connectivity index (χ2v) is 8.06. The van der Waals surface area contributed by atoms with E-state index < -0.39 is 0 Å². The molecule has 3 rings (SSSR count). The van der Waals surface area contributed by atoms with Gasteiger partial charge in [0, 0.05) is 4.90 Å². The lowest BCUT2D eigenvalue weighted by Gasteiger charge is -2.31. The smallest absolute Gasteiger partial charge is 0.238 e. The van der Waals surface area contributed by atoms with Crippen LogP contribution in [0.1, 0.15) is 18.4 Å². The molecule has 1 aliphatic heterocycles. The number of nitriles is 1. The Morgan fingerprint density at radius 3 is 2.61 bits per heavy atom. The van der Waals surface area contributed by atoms with Crippen LogP contribution in [0.2, 0.25) is 0 Å². The van der Waals surface area contributed by atoms with Gasteiger partial charge in [-0.15, -0.1) is 11.8 Å². The molecule has 28 heavy (non-hydrogen) atoms. The van der Waals surface area contributed by atoms with Crippen LogP contribution in [0.25, 0.3) is 0 Å². The van der Waals surface area contributed by atoms with E-state index in [-0.39, 0.29) is 11.7 Å². The number of amides is 1. The van der Waals surface area contributed by atoms with E-state index in [4.69, 9.17) is 5.26 Å². The lowest BCUT2D eigenvalue weighted by Crippen LogP contribution is -2.39. The molecule has 1 aliphatic rings. The fourth-order valence-electron chi connectivity index (χ4n) is 3.50. The highest BCUT2D eigenvalue weighted by Crippen LogP contribution is 2.27. The molecule has 2 aromatic carbocycles. The molecule has 0 aliphatic carbocycles. The van der Waals surface area contributed by atoms with Crippen LogP contribution in [0.15, 0.2) is 53.4 Å². The van der Waals surface area contributed by atoms with Gasteiger partial charge >= 0.3 is 0 Å². The first-order valence-electron chi connectivity index (χ1n) is 9.49. The Morgan fingerprint density at radius 1 is 1.18 bits per heavy atom. The maximum absolute atomic E-state index is 13.0.